The zero-order valence-electron chi connectivity index (χ0n) is 6.41. The second-order valence-corrected chi connectivity index (χ2v) is 3.79. The summed E-state index contributed by atoms with van der Waals surface area (Å²) in [6.07, 6.45) is 4.98. The predicted molar refractivity (Wildman–Crippen MR) is 39.1 cm³/mol. The molecule has 0 heterocycles. The van der Waals surface area contributed by atoms with Gasteiger partial charge in [-0.15, -0.1) is 0 Å². The van der Waals surface area contributed by atoms with Gasteiger partial charge in [0.05, 0.1) is 0 Å². The maximum atomic E-state index is 7.67. The van der Waals surface area contributed by atoms with Gasteiger partial charge in [0.15, 0.2) is 0 Å². The van der Waals surface area contributed by atoms with Crippen molar-refractivity contribution in [1.82, 2.24) is 5.73 Å². The van der Waals surface area contributed by atoms with E-state index in [1.807, 2.05) is 0 Å². The van der Waals surface area contributed by atoms with Crippen molar-refractivity contribution in [2.75, 3.05) is 0 Å². The molecule has 1 radical (unpaired) electrons. The number of hydrogen-bond donors (Lipinski definition) is 0. The van der Waals surface area contributed by atoms with Gasteiger partial charge in [0, 0.05) is 6.04 Å². The zero-order chi connectivity index (χ0) is 6.91. The van der Waals surface area contributed by atoms with Crippen LogP contribution >= 0.6 is 0 Å². The molecular weight excluding hydrogens is 110 g/mol. The molecule has 1 saturated carbocycles. The molecule has 1 aliphatic rings. The summed E-state index contributed by atoms with van der Waals surface area (Å²) in [5.74, 6) is 0. The lowest BCUT2D eigenvalue weighted by molar-refractivity contribution is 0.196. The van der Waals surface area contributed by atoms with Crippen molar-refractivity contribution in [3.05, 3.63) is 0 Å². The highest BCUT2D eigenvalue weighted by atomic mass is 14.7. The van der Waals surface area contributed by atoms with E-state index >= 15 is 0 Å². The van der Waals surface area contributed by atoms with Crippen molar-refractivity contribution >= 4 is 0 Å². The van der Waals surface area contributed by atoms with E-state index in [0.717, 1.165) is 6.42 Å². The highest BCUT2D eigenvalue weighted by molar-refractivity contribution is 4.84. The van der Waals surface area contributed by atoms with Gasteiger partial charge in [-0.25, -0.2) is 0 Å². The fourth-order valence-electron chi connectivity index (χ4n) is 1.49. The largest absolute Gasteiger partial charge is 0.254 e. The molecule has 0 aromatic carbocycles. The first-order valence-electron chi connectivity index (χ1n) is 3.84. The van der Waals surface area contributed by atoms with Crippen LogP contribution in [0.1, 0.15) is 39.5 Å². The summed E-state index contributed by atoms with van der Waals surface area (Å²) in [7, 11) is 0. The van der Waals surface area contributed by atoms with E-state index in [1.54, 1.807) is 0 Å². The van der Waals surface area contributed by atoms with Gasteiger partial charge in [-0.2, -0.15) is 0 Å². The van der Waals surface area contributed by atoms with Crippen molar-refractivity contribution in [2.45, 2.75) is 45.6 Å². The molecule has 1 unspecified atom stereocenters. The first kappa shape index (κ1) is 7.07. The Bertz CT molecular complexity index is 96.7. The van der Waals surface area contributed by atoms with E-state index in [2.05, 4.69) is 13.8 Å². The standard InChI is InChI=1S/C8H16N/c1-8(2)6-4-3-5-7(8)9/h7,9H,3-6H2,1-2H3. The van der Waals surface area contributed by atoms with Gasteiger partial charge < -0.3 is 0 Å². The fraction of sp³-hybridized carbons (Fsp3) is 1.00. The number of nitrogens with one attached hydrogen (secondary N) is 1. The molecule has 1 heteroatoms. The van der Waals surface area contributed by atoms with Gasteiger partial charge in [-0.1, -0.05) is 26.7 Å². The Morgan fingerprint density at radius 3 is 2.33 bits per heavy atom. The summed E-state index contributed by atoms with van der Waals surface area (Å²) in [5, 5.41) is 0. The van der Waals surface area contributed by atoms with Crippen LogP contribution in [-0.4, -0.2) is 6.04 Å². The smallest absolute Gasteiger partial charge is 0.0264 e. The minimum absolute atomic E-state index is 0.200. The normalized spacial score (nSPS) is 34.3. The Labute approximate surface area is 57.6 Å². The fourth-order valence-corrected chi connectivity index (χ4v) is 1.49. The lowest BCUT2D eigenvalue weighted by Gasteiger charge is -2.35. The molecule has 0 spiro atoms. The van der Waals surface area contributed by atoms with Crippen LogP contribution in [0.15, 0.2) is 0 Å². The Kier molecular flexibility index (Phi) is 1.80. The van der Waals surface area contributed by atoms with Crippen molar-refractivity contribution in [3.63, 3.8) is 0 Å². The van der Waals surface area contributed by atoms with Gasteiger partial charge in [-0.05, 0) is 18.3 Å². The molecule has 0 aromatic rings. The number of hydrogen-bond acceptors (Lipinski definition) is 0. The van der Waals surface area contributed by atoms with E-state index in [9.17, 15) is 0 Å². The van der Waals surface area contributed by atoms with E-state index in [-0.39, 0.29) is 6.04 Å². The minimum atomic E-state index is 0.200. The van der Waals surface area contributed by atoms with Crippen LogP contribution in [0.4, 0.5) is 0 Å². The zero-order valence-corrected chi connectivity index (χ0v) is 6.41. The molecule has 53 valence electrons. The van der Waals surface area contributed by atoms with Gasteiger partial charge in [-0.3, -0.25) is 5.73 Å². The SMILES string of the molecule is CC1(C)CCCCC1[NH]. The molecule has 0 saturated heterocycles. The van der Waals surface area contributed by atoms with Crippen LogP contribution in [0.3, 0.4) is 0 Å². The Morgan fingerprint density at radius 2 is 2.00 bits per heavy atom. The molecule has 1 N–H and O–H groups in total. The summed E-state index contributed by atoms with van der Waals surface area (Å²) in [4.78, 5) is 0. The molecule has 0 aliphatic heterocycles. The van der Waals surface area contributed by atoms with Crippen LogP contribution in [0.25, 0.3) is 0 Å². The molecule has 0 bridgehead atoms. The van der Waals surface area contributed by atoms with Crippen LogP contribution < -0.4 is 5.73 Å². The number of rotatable bonds is 0. The summed E-state index contributed by atoms with van der Waals surface area (Å²) in [5.41, 5.74) is 7.98. The van der Waals surface area contributed by atoms with Crippen molar-refractivity contribution in [1.29, 1.82) is 0 Å². The first-order valence-corrected chi connectivity index (χ1v) is 3.84. The van der Waals surface area contributed by atoms with Crippen molar-refractivity contribution in [3.8, 4) is 0 Å². The van der Waals surface area contributed by atoms with Gasteiger partial charge >= 0.3 is 0 Å². The van der Waals surface area contributed by atoms with Crippen LogP contribution in [-0.2, 0) is 0 Å². The molecule has 1 rings (SSSR count). The third-order valence-corrected chi connectivity index (χ3v) is 2.51. The Balaban J connectivity index is 2.49. The van der Waals surface area contributed by atoms with Gasteiger partial charge in [0.2, 0.25) is 0 Å². The topological polar surface area (TPSA) is 23.8 Å². The maximum Gasteiger partial charge on any atom is 0.0264 e. The predicted octanol–water partition coefficient (Wildman–Crippen LogP) is 2.24. The summed E-state index contributed by atoms with van der Waals surface area (Å²) in [6, 6.07) is 0.200. The highest BCUT2D eigenvalue weighted by Crippen LogP contribution is 2.34. The van der Waals surface area contributed by atoms with E-state index in [1.165, 1.54) is 19.3 Å². The lowest BCUT2D eigenvalue weighted by Crippen LogP contribution is -2.33. The van der Waals surface area contributed by atoms with E-state index in [0.29, 0.717) is 5.41 Å². The third kappa shape index (κ3) is 1.45. The second-order valence-electron chi connectivity index (χ2n) is 3.79. The van der Waals surface area contributed by atoms with Crippen LogP contribution in [0.5, 0.6) is 0 Å². The molecule has 1 aliphatic carbocycles. The van der Waals surface area contributed by atoms with E-state index < -0.39 is 0 Å². The third-order valence-electron chi connectivity index (χ3n) is 2.51. The molecule has 1 fully saturated rings. The minimum Gasteiger partial charge on any atom is -0.254 e. The van der Waals surface area contributed by atoms with Gasteiger partial charge in [0.1, 0.15) is 0 Å². The quantitative estimate of drug-likeness (QED) is 0.475. The van der Waals surface area contributed by atoms with Crippen molar-refractivity contribution < 1.29 is 0 Å². The van der Waals surface area contributed by atoms with Crippen molar-refractivity contribution in [2.24, 2.45) is 5.41 Å². The molecule has 9 heavy (non-hydrogen) atoms. The lowest BCUT2D eigenvalue weighted by atomic mass is 9.74. The van der Waals surface area contributed by atoms with Gasteiger partial charge in [0.25, 0.3) is 0 Å². The van der Waals surface area contributed by atoms with Crippen LogP contribution in [0.2, 0.25) is 0 Å². The molecule has 1 atom stereocenters. The monoisotopic (exact) mass is 126 g/mol. The Morgan fingerprint density at radius 1 is 1.33 bits per heavy atom. The van der Waals surface area contributed by atoms with E-state index in [4.69, 9.17) is 5.73 Å². The summed E-state index contributed by atoms with van der Waals surface area (Å²) in [6.45, 7) is 4.42. The molecular formula is C8H16N. The summed E-state index contributed by atoms with van der Waals surface area (Å²) >= 11 is 0. The first-order chi connectivity index (χ1) is 4.13. The summed E-state index contributed by atoms with van der Waals surface area (Å²) < 4.78 is 0. The second kappa shape index (κ2) is 2.30. The molecule has 0 amide bonds. The highest BCUT2D eigenvalue weighted by Gasteiger charge is 2.29. The molecule has 1 nitrogen and oxygen atoms in total. The Hall–Kier alpha value is -0.0400. The van der Waals surface area contributed by atoms with Crippen LogP contribution in [0, 0.1) is 5.41 Å². The average Bonchev–Trinajstić information content (AvgIpc) is 1.77. The maximum absolute atomic E-state index is 7.67. The molecule has 0 aromatic heterocycles. The average molecular weight is 126 g/mol.